The summed E-state index contributed by atoms with van der Waals surface area (Å²) in [4.78, 5) is 11.7. The van der Waals surface area contributed by atoms with E-state index in [-0.39, 0.29) is 5.92 Å². The summed E-state index contributed by atoms with van der Waals surface area (Å²) in [5.74, 6) is -0.557. The number of ether oxygens (including phenoxy) is 2. The fourth-order valence-electron chi connectivity index (χ4n) is 4.51. The van der Waals surface area contributed by atoms with Crippen molar-refractivity contribution >= 4 is 5.97 Å². The molecule has 3 unspecified atom stereocenters. The molecule has 1 saturated carbocycles. The number of carbonyl (C=O) groups is 1. The molecule has 0 aromatic heterocycles. The molecule has 4 rings (SSSR count). The Morgan fingerprint density at radius 2 is 2.00 bits per heavy atom. The second kappa shape index (κ2) is 3.86. The summed E-state index contributed by atoms with van der Waals surface area (Å²) in [5, 5.41) is 9.57. The van der Waals surface area contributed by atoms with Crippen LogP contribution in [-0.2, 0) is 14.3 Å². The van der Waals surface area contributed by atoms with Gasteiger partial charge in [-0.25, -0.2) is 4.79 Å². The van der Waals surface area contributed by atoms with Crippen LogP contribution in [0.1, 0.15) is 52.4 Å². The first-order valence-electron chi connectivity index (χ1n) is 7.86. The fraction of sp³-hybridized carbons (Fsp3) is 0.812. The van der Waals surface area contributed by atoms with E-state index in [1.54, 1.807) is 0 Å². The maximum Gasteiger partial charge on any atom is 0.331 e. The second-order valence-corrected chi connectivity index (χ2v) is 7.10. The number of hydrogen-bond donors (Lipinski definition) is 1. The van der Waals surface area contributed by atoms with Gasteiger partial charge in [0, 0.05) is 17.6 Å². The van der Waals surface area contributed by atoms with Crippen molar-refractivity contribution < 1.29 is 19.4 Å². The predicted molar refractivity (Wildman–Crippen MR) is 71.8 cm³/mol. The van der Waals surface area contributed by atoms with Crippen molar-refractivity contribution in [3.05, 3.63) is 11.1 Å². The number of epoxide rings is 2. The van der Waals surface area contributed by atoms with Crippen LogP contribution in [0.5, 0.6) is 0 Å². The van der Waals surface area contributed by atoms with Crippen molar-refractivity contribution in [2.45, 2.75) is 63.9 Å². The summed E-state index contributed by atoms with van der Waals surface area (Å²) in [6.45, 7) is 4.28. The van der Waals surface area contributed by atoms with Gasteiger partial charge in [0.25, 0.3) is 5.79 Å². The normalized spacial score (nSPS) is 49.4. The summed E-state index contributed by atoms with van der Waals surface area (Å²) in [7, 11) is 0. The van der Waals surface area contributed by atoms with E-state index in [2.05, 4.69) is 6.92 Å². The molecule has 0 bridgehead atoms. The van der Waals surface area contributed by atoms with Crippen LogP contribution in [-0.4, -0.2) is 22.7 Å². The molecule has 4 aliphatic rings. The van der Waals surface area contributed by atoms with E-state index in [1.807, 2.05) is 6.92 Å². The molecule has 2 heterocycles. The standard InChI is InChI=1S/C16H22O4/c1-9-5-3-4-6-11(9)7-12-13(14(17)18)10(2)8-15-16(12,19-15)20-15/h9-11H,3-8H2,1-2H3,(H,17,18). The van der Waals surface area contributed by atoms with Gasteiger partial charge in [0.1, 0.15) is 0 Å². The smallest absolute Gasteiger partial charge is 0.331 e. The number of rotatable bonds is 3. The topological polar surface area (TPSA) is 62.4 Å². The molecule has 4 nitrogen and oxygen atoms in total. The largest absolute Gasteiger partial charge is 0.478 e. The molecule has 0 radical (unpaired) electrons. The van der Waals surface area contributed by atoms with Crippen molar-refractivity contribution in [2.75, 3.05) is 0 Å². The third-order valence-corrected chi connectivity index (χ3v) is 5.81. The van der Waals surface area contributed by atoms with Crippen LogP contribution >= 0.6 is 0 Å². The maximum atomic E-state index is 11.7. The van der Waals surface area contributed by atoms with E-state index in [4.69, 9.17) is 9.47 Å². The fourth-order valence-corrected chi connectivity index (χ4v) is 4.51. The van der Waals surface area contributed by atoms with E-state index in [0.29, 0.717) is 23.8 Å². The Kier molecular flexibility index (Phi) is 2.48. The molecule has 0 amide bonds. The van der Waals surface area contributed by atoms with Crippen molar-refractivity contribution in [2.24, 2.45) is 17.8 Å². The highest BCUT2D eigenvalue weighted by Crippen LogP contribution is 2.77. The molecule has 1 N–H and O–H groups in total. The summed E-state index contributed by atoms with van der Waals surface area (Å²) >= 11 is 0. The lowest BCUT2D eigenvalue weighted by Crippen LogP contribution is -2.26. The molecule has 3 fully saturated rings. The molecule has 0 spiro atoms. The first-order chi connectivity index (χ1) is 9.49. The Hall–Kier alpha value is -0.870. The summed E-state index contributed by atoms with van der Waals surface area (Å²) < 4.78 is 11.5. The number of hydrogen-bond acceptors (Lipinski definition) is 3. The van der Waals surface area contributed by atoms with Crippen LogP contribution in [0.4, 0.5) is 0 Å². The van der Waals surface area contributed by atoms with Gasteiger partial charge < -0.3 is 14.6 Å². The van der Waals surface area contributed by atoms with Crippen molar-refractivity contribution in [1.29, 1.82) is 0 Å². The SMILES string of the molecule is CC1CC23OC2(O3)C(CC2CCCCC2C)=C1C(=O)O. The number of aliphatic carboxylic acids is 1. The number of carboxylic acids is 1. The van der Waals surface area contributed by atoms with Crippen molar-refractivity contribution in [1.82, 2.24) is 0 Å². The zero-order valence-corrected chi connectivity index (χ0v) is 12.1. The van der Waals surface area contributed by atoms with Gasteiger partial charge in [0.15, 0.2) is 0 Å². The van der Waals surface area contributed by atoms with Crippen LogP contribution in [0, 0.1) is 17.8 Å². The highest BCUT2D eigenvalue weighted by molar-refractivity contribution is 5.89. The quantitative estimate of drug-likeness (QED) is 0.806. The molecule has 2 aliphatic heterocycles. The van der Waals surface area contributed by atoms with Crippen LogP contribution < -0.4 is 0 Å². The van der Waals surface area contributed by atoms with Gasteiger partial charge in [-0.2, -0.15) is 0 Å². The summed E-state index contributed by atoms with van der Waals surface area (Å²) in [6, 6.07) is 0. The average molecular weight is 278 g/mol. The predicted octanol–water partition coefficient (Wildman–Crippen LogP) is 3.08. The monoisotopic (exact) mass is 278 g/mol. The molecular weight excluding hydrogens is 256 g/mol. The van der Waals surface area contributed by atoms with Crippen molar-refractivity contribution in [3.8, 4) is 0 Å². The summed E-state index contributed by atoms with van der Waals surface area (Å²) in [5.41, 5.74) is 1.51. The first-order valence-corrected chi connectivity index (χ1v) is 7.86. The lowest BCUT2D eigenvalue weighted by Gasteiger charge is -2.30. The van der Waals surface area contributed by atoms with Gasteiger partial charge in [-0.15, -0.1) is 0 Å². The zero-order valence-electron chi connectivity index (χ0n) is 12.1. The Labute approximate surface area is 119 Å². The molecular formula is C16H22O4. The Morgan fingerprint density at radius 3 is 2.65 bits per heavy atom. The van der Waals surface area contributed by atoms with Crippen molar-refractivity contribution in [3.63, 3.8) is 0 Å². The minimum Gasteiger partial charge on any atom is -0.478 e. The molecule has 0 aromatic rings. The summed E-state index contributed by atoms with van der Waals surface area (Å²) in [6.07, 6.45) is 6.57. The highest BCUT2D eigenvalue weighted by Gasteiger charge is 2.93. The maximum absolute atomic E-state index is 11.7. The minimum atomic E-state index is -0.787. The van der Waals surface area contributed by atoms with E-state index >= 15 is 0 Å². The first kappa shape index (κ1) is 12.8. The lowest BCUT2D eigenvalue weighted by molar-refractivity contribution is -0.133. The van der Waals surface area contributed by atoms with Gasteiger partial charge in [-0.05, 0) is 30.6 Å². The van der Waals surface area contributed by atoms with E-state index in [0.717, 1.165) is 12.0 Å². The molecule has 20 heavy (non-hydrogen) atoms. The van der Waals surface area contributed by atoms with Crippen LogP contribution in [0.3, 0.4) is 0 Å². The third kappa shape index (κ3) is 1.52. The number of carboxylic acid groups (broad SMARTS) is 1. The molecule has 4 heteroatoms. The minimum absolute atomic E-state index is 0.0273. The van der Waals surface area contributed by atoms with Crippen LogP contribution in [0.15, 0.2) is 11.1 Å². The van der Waals surface area contributed by atoms with E-state index in [9.17, 15) is 9.90 Å². The van der Waals surface area contributed by atoms with E-state index in [1.165, 1.54) is 25.7 Å². The van der Waals surface area contributed by atoms with Crippen LogP contribution in [0.25, 0.3) is 0 Å². The van der Waals surface area contributed by atoms with Crippen LogP contribution in [0.2, 0.25) is 0 Å². The average Bonchev–Trinajstić information content (AvgIpc) is 3.17. The zero-order chi connectivity index (χ0) is 14.1. The van der Waals surface area contributed by atoms with Gasteiger partial charge in [-0.3, -0.25) is 0 Å². The lowest BCUT2D eigenvalue weighted by atomic mass is 9.73. The molecule has 2 aliphatic carbocycles. The molecule has 3 atom stereocenters. The molecule has 2 saturated heterocycles. The van der Waals surface area contributed by atoms with Gasteiger partial charge in [0.2, 0.25) is 5.79 Å². The highest BCUT2D eigenvalue weighted by atomic mass is 17.0. The van der Waals surface area contributed by atoms with Gasteiger partial charge in [-0.1, -0.05) is 33.1 Å². The van der Waals surface area contributed by atoms with E-state index < -0.39 is 17.5 Å². The molecule has 110 valence electrons. The third-order valence-electron chi connectivity index (χ3n) is 5.81. The van der Waals surface area contributed by atoms with Gasteiger partial charge in [0.05, 0.1) is 0 Å². The second-order valence-electron chi connectivity index (χ2n) is 7.10. The van der Waals surface area contributed by atoms with Gasteiger partial charge >= 0.3 is 5.97 Å². The Bertz CT molecular complexity index is 501. The Morgan fingerprint density at radius 1 is 1.30 bits per heavy atom. The Balaban J connectivity index is 1.66. The molecule has 0 aromatic carbocycles.